The average molecular weight is 423 g/mol. The summed E-state index contributed by atoms with van der Waals surface area (Å²) in [5.41, 5.74) is 3.29. The lowest BCUT2D eigenvalue weighted by molar-refractivity contribution is -0.127. The first kappa shape index (κ1) is 20.5. The summed E-state index contributed by atoms with van der Waals surface area (Å²) >= 11 is 1.42. The highest BCUT2D eigenvalue weighted by Crippen LogP contribution is 2.26. The van der Waals surface area contributed by atoms with E-state index in [4.69, 9.17) is 4.42 Å². The van der Waals surface area contributed by atoms with Gasteiger partial charge >= 0.3 is 0 Å². The molecule has 1 amide bonds. The zero-order chi connectivity index (χ0) is 20.9. The van der Waals surface area contributed by atoms with E-state index in [2.05, 4.69) is 35.3 Å². The van der Waals surface area contributed by atoms with E-state index < -0.39 is 0 Å². The monoisotopic (exact) mass is 422 g/mol. The van der Waals surface area contributed by atoms with Gasteiger partial charge in [-0.2, -0.15) is 0 Å². The molecule has 0 aliphatic heterocycles. The van der Waals surface area contributed by atoms with Crippen molar-refractivity contribution in [3.05, 3.63) is 71.6 Å². The second-order valence-corrected chi connectivity index (χ2v) is 8.43. The third-order valence-corrected chi connectivity index (χ3v) is 6.13. The Morgan fingerprint density at radius 1 is 1.17 bits per heavy atom. The van der Waals surface area contributed by atoms with Crippen molar-refractivity contribution < 1.29 is 9.21 Å². The molecule has 0 radical (unpaired) electrons. The van der Waals surface area contributed by atoms with Crippen LogP contribution in [-0.4, -0.2) is 31.3 Å². The first-order chi connectivity index (χ1) is 14.6. The number of thioether (sulfide) groups is 1. The largest absolute Gasteiger partial charge is 0.467 e. The molecule has 1 aliphatic carbocycles. The molecule has 1 aromatic carbocycles. The Balaban J connectivity index is 1.51. The maximum absolute atomic E-state index is 13.2. The summed E-state index contributed by atoms with van der Waals surface area (Å²) in [4.78, 5) is 15.1. The van der Waals surface area contributed by atoms with Gasteiger partial charge in [-0.1, -0.05) is 35.5 Å². The van der Waals surface area contributed by atoms with E-state index in [1.165, 1.54) is 23.7 Å². The molecule has 0 saturated heterocycles. The lowest BCUT2D eigenvalue weighted by atomic mass is 10.0. The topological polar surface area (TPSA) is 64.2 Å². The van der Waals surface area contributed by atoms with Crippen LogP contribution in [0.25, 0.3) is 5.69 Å². The normalized spacial score (nSPS) is 13.9. The lowest BCUT2D eigenvalue weighted by Gasteiger charge is -2.27. The van der Waals surface area contributed by atoms with Gasteiger partial charge in [0.05, 0.1) is 18.6 Å². The van der Waals surface area contributed by atoms with Crippen molar-refractivity contribution in [2.24, 2.45) is 0 Å². The van der Waals surface area contributed by atoms with Crippen LogP contribution in [-0.2, 0) is 11.3 Å². The number of allylic oxidation sites excluding steroid dienone is 2. The van der Waals surface area contributed by atoms with Crippen molar-refractivity contribution in [1.29, 1.82) is 0 Å². The van der Waals surface area contributed by atoms with Crippen LogP contribution in [0.15, 0.2) is 64.0 Å². The van der Waals surface area contributed by atoms with Crippen molar-refractivity contribution in [2.75, 3.05) is 5.75 Å². The van der Waals surface area contributed by atoms with Gasteiger partial charge in [0.2, 0.25) is 5.91 Å². The molecular weight excluding hydrogens is 396 g/mol. The van der Waals surface area contributed by atoms with Crippen molar-refractivity contribution >= 4 is 17.7 Å². The van der Waals surface area contributed by atoms with Gasteiger partial charge in [-0.15, -0.1) is 10.2 Å². The molecule has 6 nitrogen and oxygen atoms in total. The minimum atomic E-state index is 0.0562. The fourth-order valence-corrected chi connectivity index (χ4v) is 4.48. The summed E-state index contributed by atoms with van der Waals surface area (Å²) in [5.74, 6) is 1.94. The van der Waals surface area contributed by atoms with Crippen LogP contribution < -0.4 is 0 Å². The van der Waals surface area contributed by atoms with E-state index in [1.54, 1.807) is 6.26 Å². The van der Waals surface area contributed by atoms with Gasteiger partial charge < -0.3 is 9.32 Å². The fraction of sp³-hybridized carbons (Fsp3) is 0.348. The van der Waals surface area contributed by atoms with Crippen molar-refractivity contribution in [3.8, 4) is 5.69 Å². The van der Waals surface area contributed by atoms with Crippen molar-refractivity contribution in [2.45, 2.75) is 51.2 Å². The second kappa shape index (κ2) is 9.34. The van der Waals surface area contributed by atoms with Crippen LogP contribution in [0.5, 0.6) is 0 Å². The van der Waals surface area contributed by atoms with Crippen LogP contribution in [0.3, 0.4) is 0 Å². The minimum absolute atomic E-state index is 0.0562. The number of aryl methyl sites for hydroxylation is 2. The first-order valence-corrected chi connectivity index (χ1v) is 11.2. The summed E-state index contributed by atoms with van der Waals surface area (Å²) in [7, 11) is 0. The smallest absolute Gasteiger partial charge is 0.237 e. The molecule has 0 N–H and O–H groups in total. The summed E-state index contributed by atoms with van der Waals surface area (Å²) < 4.78 is 7.50. The molecule has 0 fully saturated rings. The summed E-state index contributed by atoms with van der Waals surface area (Å²) in [6, 6.07) is 12.0. The van der Waals surface area contributed by atoms with E-state index in [0.717, 1.165) is 47.4 Å². The Morgan fingerprint density at radius 3 is 2.70 bits per heavy atom. The predicted octanol–water partition coefficient (Wildman–Crippen LogP) is 5.06. The molecule has 3 aromatic rings. The van der Waals surface area contributed by atoms with Crippen LogP contribution in [0.2, 0.25) is 0 Å². The molecule has 0 atom stereocenters. The quantitative estimate of drug-likeness (QED) is 0.498. The van der Waals surface area contributed by atoms with E-state index in [1.807, 2.05) is 40.7 Å². The Bertz CT molecular complexity index is 1020. The Hall–Kier alpha value is -2.80. The van der Waals surface area contributed by atoms with Crippen LogP contribution in [0, 0.1) is 13.8 Å². The van der Waals surface area contributed by atoms with Gasteiger partial charge in [0.15, 0.2) is 5.16 Å². The highest BCUT2D eigenvalue weighted by atomic mass is 32.2. The van der Waals surface area contributed by atoms with E-state index in [9.17, 15) is 4.79 Å². The molecule has 0 spiro atoms. The molecule has 156 valence electrons. The average Bonchev–Trinajstić information content (AvgIpc) is 3.41. The molecule has 1 aliphatic rings. The SMILES string of the molecule is Cc1ccc(-n2c(C)nnc2SCC(=O)N(Cc2ccco2)C2=CCCCC2)cc1. The maximum atomic E-state index is 13.2. The number of benzene rings is 1. The number of amides is 1. The maximum Gasteiger partial charge on any atom is 0.237 e. The number of hydrogen-bond donors (Lipinski definition) is 0. The molecule has 7 heteroatoms. The van der Waals surface area contributed by atoms with Gasteiger partial charge in [-0.3, -0.25) is 9.36 Å². The van der Waals surface area contributed by atoms with Gasteiger partial charge in [0, 0.05) is 11.4 Å². The number of carbonyl (C=O) groups excluding carboxylic acids is 1. The lowest BCUT2D eigenvalue weighted by Crippen LogP contribution is -2.32. The highest BCUT2D eigenvalue weighted by molar-refractivity contribution is 7.99. The van der Waals surface area contributed by atoms with Gasteiger partial charge in [-0.25, -0.2) is 0 Å². The summed E-state index contributed by atoms with van der Waals surface area (Å²) in [6.07, 6.45) is 8.08. The minimum Gasteiger partial charge on any atom is -0.467 e. The van der Waals surface area contributed by atoms with Crippen LogP contribution in [0.4, 0.5) is 0 Å². The molecule has 2 heterocycles. The zero-order valence-electron chi connectivity index (χ0n) is 17.4. The number of aromatic nitrogens is 3. The van der Waals surface area contributed by atoms with Crippen LogP contribution >= 0.6 is 11.8 Å². The number of rotatable bonds is 7. The van der Waals surface area contributed by atoms with E-state index in [-0.39, 0.29) is 5.91 Å². The number of nitrogens with zero attached hydrogens (tertiary/aromatic N) is 4. The second-order valence-electron chi connectivity index (χ2n) is 7.49. The molecular formula is C23H26N4O2S. The summed E-state index contributed by atoms with van der Waals surface area (Å²) in [5, 5.41) is 9.26. The van der Waals surface area contributed by atoms with E-state index in [0.29, 0.717) is 12.3 Å². The number of furan rings is 1. The predicted molar refractivity (Wildman–Crippen MR) is 117 cm³/mol. The van der Waals surface area contributed by atoms with Crippen LogP contribution in [0.1, 0.15) is 42.8 Å². The Labute approximate surface area is 181 Å². The van der Waals surface area contributed by atoms with E-state index >= 15 is 0 Å². The third kappa shape index (κ3) is 4.67. The van der Waals surface area contributed by atoms with Gasteiger partial charge in [0.1, 0.15) is 11.6 Å². The third-order valence-electron chi connectivity index (χ3n) is 5.22. The Kier molecular flexibility index (Phi) is 6.38. The molecule has 4 rings (SSSR count). The highest BCUT2D eigenvalue weighted by Gasteiger charge is 2.22. The molecule has 0 unspecified atom stereocenters. The molecule has 0 bridgehead atoms. The molecule has 0 saturated carbocycles. The van der Waals surface area contributed by atoms with Crippen molar-refractivity contribution in [1.82, 2.24) is 19.7 Å². The standard InChI is InChI=1S/C23H26N4O2S/c1-17-10-12-20(13-11-17)27-18(2)24-25-23(27)30-16-22(28)26(15-21-9-6-14-29-21)19-7-4-3-5-8-19/h6-7,9-14H,3-5,8,15-16H2,1-2H3. The molecule has 30 heavy (non-hydrogen) atoms. The fourth-order valence-electron chi connectivity index (χ4n) is 3.61. The van der Waals surface area contributed by atoms with Crippen molar-refractivity contribution in [3.63, 3.8) is 0 Å². The van der Waals surface area contributed by atoms with Gasteiger partial charge in [0.25, 0.3) is 0 Å². The Morgan fingerprint density at radius 2 is 2.00 bits per heavy atom. The van der Waals surface area contributed by atoms with Gasteiger partial charge in [-0.05, 0) is 63.8 Å². The number of carbonyl (C=O) groups is 1. The zero-order valence-corrected chi connectivity index (χ0v) is 18.2. The number of hydrogen-bond acceptors (Lipinski definition) is 5. The first-order valence-electron chi connectivity index (χ1n) is 10.3. The molecule has 2 aromatic heterocycles. The summed E-state index contributed by atoms with van der Waals surface area (Å²) in [6.45, 7) is 4.45.